The van der Waals surface area contributed by atoms with Crippen LogP contribution in [0.25, 0.3) is 10.7 Å². The summed E-state index contributed by atoms with van der Waals surface area (Å²) in [6.45, 7) is 13.4. The quantitative estimate of drug-likeness (QED) is 0.405. The Bertz CT molecular complexity index is 1170. The van der Waals surface area contributed by atoms with E-state index in [0.29, 0.717) is 34.7 Å². The van der Waals surface area contributed by atoms with Gasteiger partial charge in [0.05, 0.1) is 12.3 Å². The summed E-state index contributed by atoms with van der Waals surface area (Å²) in [5.41, 5.74) is 2.08. The van der Waals surface area contributed by atoms with E-state index in [0.717, 1.165) is 11.3 Å². The second kappa shape index (κ2) is 10.8. The highest BCUT2D eigenvalue weighted by molar-refractivity contribution is 6.31. The van der Waals surface area contributed by atoms with Gasteiger partial charge in [0.2, 0.25) is 11.9 Å². The smallest absolute Gasteiger partial charge is 0.242 e. The normalized spacial score (nSPS) is 11.7. The number of nitrogens with zero attached hydrogens (tertiary/aromatic N) is 5. The van der Waals surface area contributed by atoms with E-state index < -0.39 is 6.04 Å². The van der Waals surface area contributed by atoms with Crippen molar-refractivity contribution in [2.24, 2.45) is 5.92 Å². The number of anilines is 2. The monoisotopic (exact) mass is 466 g/mol. The van der Waals surface area contributed by atoms with Crippen molar-refractivity contribution in [1.82, 2.24) is 24.8 Å². The Morgan fingerprint density at radius 2 is 2.06 bits per heavy atom. The Balaban J connectivity index is 1.78. The van der Waals surface area contributed by atoms with Crippen LogP contribution in [0.3, 0.4) is 0 Å². The van der Waals surface area contributed by atoms with Crippen molar-refractivity contribution in [3.63, 3.8) is 0 Å². The molecular weight excluding hydrogens is 440 g/mol. The van der Waals surface area contributed by atoms with Gasteiger partial charge in [-0.05, 0) is 30.9 Å². The molecule has 0 aliphatic rings. The van der Waals surface area contributed by atoms with Gasteiger partial charge in [-0.1, -0.05) is 37.6 Å². The highest BCUT2D eigenvalue weighted by atomic mass is 35.5. The fourth-order valence-corrected chi connectivity index (χ4v) is 3.48. The van der Waals surface area contributed by atoms with E-state index in [2.05, 4.69) is 49.6 Å². The molecule has 2 aromatic heterocycles. The molecule has 1 aromatic carbocycles. The number of nitrogens with one attached hydrogen (secondary N) is 3. The maximum absolute atomic E-state index is 13.1. The Labute approximate surface area is 198 Å². The number of benzene rings is 1. The fraction of sp³-hybridized carbons (Fsp3) is 0.348. The third-order valence-electron chi connectivity index (χ3n) is 4.88. The van der Waals surface area contributed by atoms with Crippen molar-refractivity contribution in [1.29, 1.82) is 0 Å². The molecule has 0 fully saturated rings. The lowest BCUT2D eigenvalue weighted by Crippen LogP contribution is -2.40. The van der Waals surface area contributed by atoms with Gasteiger partial charge in [0.25, 0.3) is 0 Å². The lowest BCUT2D eigenvalue weighted by atomic mass is 10.0. The van der Waals surface area contributed by atoms with Crippen LogP contribution in [0.1, 0.15) is 31.5 Å². The summed E-state index contributed by atoms with van der Waals surface area (Å²) in [7, 11) is 1.74. The molecule has 0 spiro atoms. The van der Waals surface area contributed by atoms with Crippen LogP contribution in [0.4, 0.5) is 17.5 Å². The number of carbonyl (C=O) groups is 1. The van der Waals surface area contributed by atoms with Crippen LogP contribution in [0.2, 0.25) is 5.02 Å². The minimum Gasteiger partial charge on any atom is -0.358 e. The molecule has 0 aliphatic heterocycles. The highest BCUT2D eigenvalue weighted by Gasteiger charge is 2.21. The van der Waals surface area contributed by atoms with Gasteiger partial charge in [-0.15, -0.1) is 0 Å². The van der Waals surface area contributed by atoms with Gasteiger partial charge in [-0.3, -0.25) is 9.36 Å². The van der Waals surface area contributed by atoms with Gasteiger partial charge in [-0.25, -0.2) is 9.83 Å². The first-order chi connectivity index (χ1) is 15.8. The van der Waals surface area contributed by atoms with Gasteiger partial charge < -0.3 is 16.0 Å². The van der Waals surface area contributed by atoms with E-state index in [1.54, 1.807) is 42.2 Å². The van der Waals surface area contributed by atoms with Gasteiger partial charge in [0.15, 0.2) is 5.69 Å². The number of amides is 1. The molecule has 3 aromatic rings. The largest absolute Gasteiger partial charge is 0.358 e. The molecule has 0 unspecified atom stereocenters. The zero-order valence-electron chi connectivity index (χ0n) is 19.1. The fourth-order valence-electron chi connectivity index (χ4n) is 3.24. The standard InChI is InChI=1S/C23H27ClN8O/c1-14(2)8-19(22(33)27-11-16-6-7-17(25-4)9-18(16)24)29-20-10-21(31-23(26-5)30-20)32-12-15(3)28-13-32/h6-7,9-10,12-14,19H,8,11H2,1-3,5H3,(H,27,33)(H2,26,29,30,31)/t19-/m1/s1. The van der Waals surface area contributed by atoms with Crippen molar-refractivity contribution < 1.29 is 4.79 Å². The zero-order chi connectivity index (χ0) is 24.0. The molecular formula is C23H27ClN8O. The molecule has 0 aliphatic carbocycles. The van der Waals surface area contributed by atoms with Gasteiger partial charge in [0, 0.05) is 30.9 Å². The maximum atomic E-state index is 13.1. The summed E-state index contributed by atoms with van der Waals surface area (Å²) < 4.78 is 1.80. The van der Waals surface area contributed by atoms with Gasteiger partial charge in [0.1, 0.15) is 24.0 Å². The van der Waals surface area contributed by atoms with E-state index in [9.17, 15) is 4.79 Å². The summed E-state index contributed by atoms with van der Waals surface area (Å²) >= 11 is 6.25. The van der Waals surface area contributed by atoms with Crippen molar-refractivity contribution in [2.45, 2.75) is 39.8 Å². The lowest BCUT2D eigenvalue weighted by Gasteiger charge is -2.21. The predicted molar refractivity (Wildman–Crippen MR) is 130 cm³/mol. The number of hydrogen-bond donors (Lipinski definition) is 3. The molecule has 10 heteroatoms. The highest BCUT2D eigenvalue weighted by Crippen LogP contribution is 2.23. The average molecular weight is 467 g/mol. The molecule has 3 rings (SSSR count). The number of rotatable bonds is 9. The number of carbonyl (C=O) groups excluding carboxylic acids is 1. The molecule has 33 heavy (non-hydrogen) atoms. The van der Waals surface area contributed by atoms with Crippen molar-refractivity contribution in [2.75, 3.05) is 17.7 Å². The minimum atomic E-state index is -0.511. The number of imidazole rings is 1. The van der Waals surface area contributed by atoms with Crippen LogP contribution in [0.15, 0.2) is 36.8 Å². The summed E-state index contributed by atoms with van der Waals surface area (Å²) in [4.78, 5) is 29.6. The number of aryl methyl sites for hydroxylation is 1. The zero-order valence-corrected chi connectivity index (χ0v) is 19.8. The van der Waals surface area contributed by atoms with Crippen LogP contribution in [-0.2, 0) is 11.3 Å². The first kappa shape index (κ1) is 24.0. The molecule has 0 saturated carbocycles. The van der Waals surface area contributed by atoms with Crippen LogP contribution in [-0.4, -0.2) is 38.5 Å². The SMILES string of the molecule is [C-]#[N+]c1ccc(CNC(=O)[C@@H](CC(C)C)Nc2cc(-n3cnc(C)c3)nc(NC)n2)c(Cl)c1. The third-order valence-corrected chi connectivity index (χ3v) is 5.23. The summed E-state index contributed by atoms with van der Waals surface area (Å²) in [6.07, 6.45) is 4.16. The molecule has 9 nitrogen and oxygen atoms in total. The number of halogens is 1. The second-order valence-corrected chi connectivity index (χ2v) is 8.45. The molecule has 1 amide bonds. The molecule has 3 N–H and O–H groups in total. The van der Waals surface area contributed by atoms with E-state index in [4.69, 9.17) is 18.2 Å². The van der Waals surface area contributed by atoms with E-state index in [1.807, 2.05) is 13.1 Å². The maximum Gasteiger partial charge on any atom is 0.242 e. The Morgan fingerprint density at radius 1 is 1.27 bits per heavy atom. The van der Waals surface area contributed by atoms with Gasteiger partial charge in [-0.2, -0.15) is 9.97 Å². The first-order valence-electron chi connectivity index (χ1n) is 10.6. The van der Waals surface area contributed by atoms with Crippen LogP contribution < -0.4 is 16.0 Å². The second-order valence-electron chi connectivity index (χ2n) is 8.04. The third kappa shape index (κ3) is 6.43. The van der Waals surface area contributed by atoms with E-state index in [1.165, 1.54) is 0 Å². The van der Waals surface area contributed by atoms with Crippen LogP contribution in [0, 0.1) is 19.4 Å². The Morgan fingerprint density at radius 3 is 2.67 bits per heavy atom. The average Bonchev–Trinajstić information content (AvgIpc) is 3.23. The van der Waals surface area contributed by atoms with Gasteiger partial charge >= 0.3 is 0 Å². The molecule has 0 saturated heterocycles. The summed E-state index contributed by atoms with van der Waals surface area (Å²) in [6, 6.07) is 6.30. The Kier molecular flexibility index (Phi) is 7.85. The number of hydrogen-bond acceptors (Lipinski definition) is 6. The number of aromatic nitrogens is 4. The molecule has 1 atom stereocenters. The molecule has 2 heterocycles. The van der Waals surface area contributed by atoms with Crippen LogP contribution in [0.5, 0.6) is 0 Å². The summed E-state index contributed by atoms with van der Waals surface area (Å²) in [5, 5.41) is 9.61. The van der Waals surface area contributed by atoms with Crippen molar-refractivity contribution in [3.8, 4) is 5.82 Å². The Hall–Kier alpha value is -3.64. The first-order valence-corrected chi connectivity index (χ1v) is 10.9. The van der Waals surface area contributed by atoms with Crippen molar-refractivity contribution >= 4 is 35.0 Å². The molecule has 172 valence electrons. The molecule has 0 radical (unpaired) electrons. The van der Waals surface area contributed by atoms with Crippen LogP contribution >= 0.6 is 11.6 Å². The molecule has 0 bridgehead atoms. The summed E-state index contributed by atoms with van der Waals surface area (Å²) in [5.74, 6) is 1.69. The predicted octanol–water partition coefficient (Wildman–Crippen LogP) is 4.36. The van der Waals surface area contributed by atoms with Crippen molar-refractivity contribution in [3.05, 3.63) is 64.5 Å². The topological polar surface area (TPSA) is 101 Å². The van der Waals surface area contributed by atoms with E-state index >= 15 is 0 Å². The lowest BCUT2D eigenvalue weighted by molar-refractivity contribution is -0.122. The minimum absolute atomic E-state index is 0.168. The van der Waals surface area contributed by atoms with E-state index in [-0.39, 0.29) is 18.4 Å².